The zero-order valence-corrected chi connectivity index (χ0v) is 41.1. The van der Waals surface area contributed by atoms with Crippen LogP contribution in [0.5, 0.6) is 0 Å². The van der Waals surface area contributed by atoms with Crippen LogP contribution in [-0.4, -0.2) is 62.8 Å². The highest BCUT2D eigenvalue weighted by Crippen LogP contribution is 2.42. The number of rotatable bonds is 50. The molecule has 0 aromatic heterocycles. The molecular formula is C54H108O6. The Morgan fingerprint density at radius 3 is 1.03 bits per heavy atom. The van der Waals surface area contributed by atoms with Crippen molar-refractivity contribution in [1.82, 2.24) is 0 Å². The largest absolute Gasteiger partial charge is 0.394 e. The number of ketones is 1. The van der Waals surface area contributed by atoms with E-state index in [1.165, 1.54) is 173 Å². The van der Waals surface area contributed by atoms with Gasteiger partial charge in [0.25, 0.3) is 0 Å². The number of carbonyl (C=O) groups is 1. The molecule has 0 aromatic carbocycles. The molecule has 0 radical (unpaired) electrons. The zero-order valence-electron chi connectivity index (χ0n) is 41.1. The topological polar surface area (TPSA) is 107 Å². The molecule has 0 fully saturated rings. The molecule has 0 aromatic rings. The van der Waals surface area contributed by atoms with E-state index in [0.717, 1.165) is 77.0 Å². The summed E-state index contributed by atoms with van der Waals surface area (Å²) < 4.78 is 6.86. The summed E-state index contributed by atoms with van der Waals surface area (Å²) in [4.78, 5) is 14.9. The summed E-state index contributed by atoms with van der Waals surface area (Å²) in [6.07, 6.45) is 44.2. The van der Waals surface area contributed by atoms with Crippen LogP contribution in [0.1, 0.15) is 304 Å². The minimum Gasteiger partial charge on any atom is -0.394 e. The van der Waals surface area contributed by atoms with Gasteiger partial charge in [0.1, 0.15) is 17.8 Å². The molecule has 0 saturated carbocycles. The molecule has 60 heavy (non-hydrogen) atoms. The van der Waals surface area contributed by atoms with Crippen LogP contribution in [0.2, 0.25) is 0 Å². The van der Waals surface area contributed by atoms with Crippen molar-refractivity contribution in [1.29, 1.82) is 0 Å². The first-order valence-corrected chi connectivity index (χ1v) is 27.2. The van der Waals surface area contributed by atoms with Gasteiger partial charge in [-0.2, -0.15) is 0 Å². The van der Waals surface area contributed by atoms with Crippen LogP contribution in [0.3, 0.4) is 0 Å². The smallest absolute Gasteiger partial charge is 0.167 e. The third-order valence-electron chi connectivity index (χ3n) is 13.6. The lowest BCUT2D eigenvalue weighted by Gasteiger charge is -2.49. The van der Waals surface area contributed by atoms with E-state index >= 15 is 0 Å². The third kappa shape index (κ3) is 29.8. The number of hydrogen-bond acceptors (Lipinski definition) is 6. The van der Waals surface area contributed by atoms with E-state index in [1.54, 1.807) is 0 Å². The van der Waals surface area contributed by atoms with E-state index in [2.05, 4.69) is 27.7 Å². The SMILES string of the molecule is CCCCCCCCCCCCO[C@@](CCCCCCCCCCCC)(C(=O)CCCCCCCCCCCC)C(O)(CCCCCCCCCCCC)C(O)C(O)CO. The quantitative estimate of drug-likeness (QED) is 0.0454. The maximum absolute atomic E-state index is 14.9. The Labute approximate surface area is 375 Å². The molecule has 6 nitrogen and oxygen atoms in total. The number of ether oxygens (including phenoxy) is 1. The molecule has 360 valence electrons. The number of carbonyl (C=O) groups excluding carboxylic acids is 1. The van der Waals surface area contributed by atoms with E-state index in [9.17, 15) is 25.2 Å². The molecule has 0 aliphatic heterocycles. The molecule has 0 saturated heterocycles. The fourth-order valence-electron chi connectivity index (χ4n) is 9.44. The first-order chi connectivity index (χ1) is 29.3. The van der Waals surface area contributed by atoms with Gasteiger partial charge in [-0.15, -0.1) is 0 Å². The van der Waals surface area contributed by atoms with E-state index in [0.29, 0.717) is 25.9 Å². The van der Waals surface area contributed by atoms with Gasteiger partial charge in [0.15, 0.2) is 11.4 Å². The summed E-state index contributed by atoms with van der Waals surface area (Å²) in [7, 11) is 0. The van der Waals surface area contributed by atoms with Gasteiger partial charge in [-0.1, -0.05) is 265 Å². The Kier molecular flexibility index (Phi) is 43.3. The molecule has 0 aliphatic rings. The second kappa shape index (κ2) is 43.7. The van der Waals surface area contributed by atoms with E-state index in [-0.39, 0.29) is 12.2 Å². The summed E-state index contributed by atoms with van der Waals surface area (Å²) in [5.74, 6) is -0.121. The van der Waals surface area contributed by atoms with Gasteiger partial charge in [0, 0.05) is 13.0 Å². The standard InChI is InChI=1S/C54H108O6/c1-5-9-13-17-21-25-29-33-37-41-45-51(57)54(47-43-39-35-31-27-23-19-15-11-7-3,60-48-44-40-36-32-28-24-20-16-12-8-4)53(59,52(58)50(56)49-55)46-42-38-34-30-26-22-18-14-10-6-2/h50,52,55-56,58-59H,5-49H2,1-4H3/t50?,52?,53?,54-/m0/s1. The maximum Gasteiger partial charge on any atom is 0.167 e. The molecule has 6 heteroatoms. The summed E-state index contributed by atoms with van der Waals surface area (Å²) >= 11 is 0. The molecule has 0 rings (SSSR count). The lowest BCUT2D eigenvalue weighted by molar-refractivity contribution is -0.244. The summed E-state index contributed by atoms with van der Waals surface area (Å²) in [5, 5.41) is 46.0. The van der Waals surface area contributed by atoms with Gasteiger partial charge in [0.2, 0.25) is 0 Å². The summed E-state index contributed by atoms with van der Waals surface area (Å²) in [6.45, 7) is 8.68. The molecule has 3 unspecified atom stereocenters. The molecule has 0 aliphatic carbocycles. The van der Waals surface area contributed by atoms with Gasteiger partial charge in [0.05, 0.1) is 6.61 Å². The van der Waals surface area contributed by atoms with Crippen molar-refractivity contribution < 1.29 is 30.0 Å². The number of hydrogen-bond donors (Lipinski definition) is 4. The second-order valence-corrected chi connectivity index (χ2v) is 19.2. The predicted octanol–water partition coefficient (Wildman–Crippen LogP) is 15.6. The van der Waals surface area contributed by atoms with Gasteiger partial charge in [-0.3, -0.25) is 4.79 Å². The number of aliphatic hydroxyl groups excluding tert-OH is 3. The van der Waals surface area contributed by atoms with Gasteiger partial charge in [-0.05, 0) is 32.1 Å². The summed E-state index contributed by atoms with van der Waals surface area (Å²) in [5.41, 5.74) is -3.62. The van der Waals surface area contributed by atoms with Crippen molar-refractivity contribution >= 4 is 5.78 Å². The molecule has 4 N–H and O–H groups in total. The van der Waals surface area contributed by atoms with Crippen molar-refractivity contribution in [2.75, 3.05) is 13.2 Å². The Balaban J connectivity index is 6.07. The van der Waals surface area contributed by atoms with Crippen LogP contribution in [0.4, 0.5) is 0 Å². The Morgan fingerprint density at radius 1 is 0.417 bits per heavy atom. The monoisotopic (exact) mass is 853 g/mol. The van der Waals surface area contributed by atoms with Crippen LogP contribution >= 0.6 is 0 Å². The minimum atomic E-state index is -2.00. The molecule has 0 bridgehead atoms. The number of unbranched alkanes of at least 4 members (excludes halogenated alkanes) is 36. The van der Waals surface area contributed by atoms with Crippen molar-refractivity contribution in [3.63, 3.8) is 0 Å². The fourth-order valence-corrected chi connectivity index (χ4v) is 9.44. The van der Waals surface area contributed by atoms with Crippen LogP contribution in [0.25, 0.3) is 0 Å². The average molecular weight is 853 g/mol. The van der Waals surface area contributed by atoms with Gasteiger partial charge < -0.3 is 25.2 Å². The van der Waals surface area contributed by atoms with Gasteiger partial charge in [-0.25, -0.2) is 0 Å². The van der Waals surface area contributed by atoms with E-state index in [1.807, 2.05) is 0 Å². The molecule has 0 spiro atoms. The Hall–Kier alpha value is -0.530. The number of Topliss-reactive ketones (excluding diaryl/α,β-unsaturated/α-hetero) is 1. The average Bonchev–Trinajstić information content (AvgIpc) is 3.25. The van der Waals surface area contributed by atoms with Crippen LogP contribution in [0.15, 0.2) is 0 Å². The number of aliphatic hydroxyl groups is 4. The van der Waals surface area contributed by atoms with E-state index in [4.69, 9.17) is 4.74 Å². The molecular weight excluding hydrogens is 745 g/mol. The lowest BCUT2D eigenvalue weighted by atomic mass is 9.67. The van der Waals surface area contributed by atoms with Crippen LogP contribution in [0, 0.1) is 0 Å². The molecule has 0 heterocycles. The minimum absolute atomic E-state index is 0.121. The maximum atomic E-state index is 14.9. The van der Waals surface area contributed by atoms with Crippen molar-refractivity contribution in [2.45, 2.75) is 327 Å². The van der Waals surface area contributed by atoms with Gasteiger partial charge >= 0.3 is 0 Å². The summed E-state index contributed by atoms with van der Waals surface area (Å²) in [6, 6.07) is 0. The first-order valence-electron chi connectivity index (χ1n) is 27.2. The highest BCUT2D eigenvalue weighted by atomic mass is 16.5. The fraction of sp³-hybridized carbons (Fsp3) is 0.981. The lowest BCUT2D eigenvalue weighted by Crippen LogP contribution is -2.69. The van der Waals surface area contributed by atoms with E-state index < -0.39 is 30.0 Å². The highest BCUT2D eigenvalue weighted by molar-refractivity contribution is 5.89. The zero-order chi connectivity index (χ0) is 44.3. The van der Waals surface area contributed by atoms with Crippen LogP contribution in [-0.2, 0) is 9.53 Å². The Morgan fingerprint density at radius 2 is 0.700 bits per heavy atom. The molecule has 0 amide bonds. The first kappa shape index (κ1) is 59.5. The van der Waals surface area contributed by atoms with Crippen LogP contribution < -0.4 is 0 Å². The predicted molar refractivity (Wildman–Crippen MR) is 259 cm³/mol. The van der Waals surface area contributed by atoms with Crippen molar-refractivity contribution in [3.8, 4) is 0 Å². The Bertz CT molecular complexity index is 882. The van der Waals surface area contributed by atoms with Crippen molar-refractivity contribution in [2.24, 2.45) is 0 Å². The normalized spacial score (nSPS) is 14.9. The highest BCUT2D eigenvalue weighted by Gasteiger charge is 2.60. The second-order valence-electron chi connectivity index (χ2n) is 19.2. The third-order valence-corrected chi connectivity index (χ3v) is 13.6. The molecule has 4 atom stereocenters. The van der Waals surface area contributed by atoms with Crippen molar-refractivity contribution in [3.05, 3.63) is 0 Å².